The van der Waals surface area contributed by atoms with Crippen LogP contribution in [0.25, 0.3) is 22.0 Å². The normalized spacial score (nSPS) is 18.2. The summed E-state index contributed by atoms with van der Waals surface area (Å²) in [4.78, 5) is 44.6. The lowest BCUT2D eigenvalue weighted by atomic mass is 9.88. The van der Waals surface area contributed by atoms with E-state index in [0.717, 1.165) is 95.8 Å². The van der Waals surface area contributed by atoms with E-state index in [9.17, 15) is 9.59 Å². The summed E-state index contributed by atoms with van der Waals surface area (Å²) in [5, 5.41) is 10.2. The number of hydrogen-bond acceptors (Lipinski definition) is 10. The molecule has 6 heterocycles. The maximum atomic E-state index is 12.3. The van der Waals surface area contributed by atoms with Gasteiger partial charge in [-0.15, -0.1) is 0 Å². The zero-order chi connectivity index (χ0) is 36.1. The van der Waals surface area contributed by atoms with Crippen LogP contribution in [0, 0.1) is 13.8 Å². The van der Waals surface area contributed by atoms with Gasteiger partial charge < -0.3 is 20.3 Å². The van der Waals surface area contributed by atoms with E-state index in [4.69, 9.17) is 9.72 Å². The quantitative estimate of drug-likeness (QED) is 0.175. The number of nitrogens with one attached hydrogen (secondary N) is 3. The number of benzene rings is 3. The van der Waals surface area contributed by atoms with Crippen LogP contribution in [0.3, 0.4) is 0 Å². The Morgan fingerprint density at radius 1 is 0.906 bits per heavy atom. The summed E-state index contributed by atoms with van der Waals surface area (Å²) in [7, 11) is 0. The molecule has 0 spiro atoms. The summed E-state index contributed by atoms with van der Waals surface area (Å²) in [5.74, 6) is 1.56. The molecule has 3 saturated heterocycles. The number of carbonyl (C=O) groups is 2. The number of pyridine rings is 1. The molecule has 12 heteroatoms. The molecule has 3 fully saturated rings. The Bertz CT molecular complexity index is 2210. The first-order chi connectivity index (χ1) is 25.9. The molecule has 12 nitrogen and oxygen atoms in total. The minimum atomic E-state index is -0.341. The third-order valence-electron chi connectivity index (χ3n) is 11.3. The summed E-state index contributed by atoms with van der Waals surface area (Å²) >= 11 is 0. The van der Waals surface area contributed by atoms with Gasteiger partial charge >= 0.3 is 6.03 Å². The molecule has 0 atom stereocenters. The molecule has 3 aromatic carbocycles. The van der Waals surface area contributed by atoms with E-state index in [1.807, 2.05) is 25.4 Å². The maximum absolute atomic E-state index is 12.3. The Kier molecular flexibility index (Phi) is 8.54. The lowest BCUT2D eigenvalue weighted by Gasteiger charge is -2.49. The van der Waals surface area contributed by atoms with Crippen LogP contribution in [0.1, 0.15) is 41.9 Å². The molecule has 270 valence electrons. The molecule has 4 aliphatic heterocycles. The highest BCUT2D eigenvalue weighted by Crippen LogP contribution is 2.37. The number of fused-ring (bicyclic) bond motifs is 2. The third kappa shape index (κ3) is 6.48. The lowest BCUT2D eigenvalue weighted by Crippen LogP contribution is -2.60. The molecule has 3 N–H and O–H groups in total. The summed E-state index contributed by atoms with van der Waals surface area (Å²) in [6.07, 6.45) is 6.37. The second-order valence-corrected chi connectivity index (χ2v) is 14.6. The van der Waals surface area contributed by atoms with Gasteiger partial charge in [0.2, 0.25) is 17.7 Å². The second kappa shape index (κ2) is 13.7. The number of amides is 3. The van der Waals surface area contributed by atoms with E-state index < -0.39 is 0 Å². The van der Waals surface area contributed by atoms with Gasteiger partial charge in [-0.3, -0.25) is 19.9 Å². The highest BCUT2D eigenvalue weighted by molar-refractivity contribution is 6.06. The molecule has 0 radical (unpaired) electrons. The molecule has 4 aliphatic rings. The average Bonchev–Trinajstić information content (AvgIpc) is 3.15. The number of imide groups is 1. The Labute approximate surface area is 308 Å². The van der Waals surface area contributed by atoms with E-state index in [1.165, 1.54) is 11.3 Å². The van der Waals surface area contributed by atoms with Gasteiger partial charge in [0, 0.05) is 79.0 Å². The van der Waals surface area contributed by atoms with Gasteiger partial charge in [0.1, 0.15) is 12.3 Å². The van der Waals surface area contributed by atoms with E-state index in [2.05, 4.69) is 97.2 Å². The third-order valence-corrected chi connectivity index (χ3v) is 11.3. The summed E-state index contributed by atoms with van der Waals surface area (Å²) in [5.41, 5.74) is 10.5. The Hall–Kier alpha value is -5.75. The monoisotopic (exact) mass is 709 g/mol. The van der Waals surface area contributed by atoms with Gasteiger partial charge in [-0.05, 0) is 104 Å². The van der Waals surface area contributed by atoms with Crippen molar-refractivity contribution in [1.29, 1.82) is 0 Å². The number of rotatable bonds is 7. The van der Waals surface area contributed by atoms with Crippen LogP contribution in [0.4, 0.5) is 33.5 Å². The summed E-state index contributed by atoms with van der Waals surface area (Å²) < 4.78 is 5.72. The highest BCUT2D eigenvalue weighted by atomic mass is 16.5. The standard InChI is InChI=1S/C41H43N9O3/c1-25-19-32(9-10-36(25)50-17-13-37(51)47-41(50)52)49-23-33(24-49)48-15-11-28(12-16-48)27-5-7-31(8-6-27)45-40-44-21-30-4-3-29(20-35(30)46-40)34-22-43-39-38(26(34)2)42-14-18-53-39/h3-10,19-22,28,33,42H,11-18,23-24H2,1-2H3,(H,44,45,46)(H,47,51,52). The van der Waals surface area contributed by atoms with Crippen LogP contribution in [0.15, 0.2) is 73.1 Å². The fraction of sp³-hybridized carbons (Fsp3) is 0.341. The number of anilines is 5. The average molecular weight is 710 g/mol. The molecule has 0 unspecified atom stereocenters. The van der Waals surface area contributed by atoms with Crippen molar-refractivity contribution >= 4 is 51.5 Å². The van der Waals surface area contributed by atoms with Gasteiger partial charge in [-0.25, -0.2) is 19.7 Å². The van der Waals surface area contributed by atoms with Crippen molar-refractivity contribution in [2.75, 3.05) is 66.3 Å². The molecule has 0 saturated carbocycles. The van der Waals surface area contributed by atoms with Crippen LogP contribution in [0.5, 0.6) is 5.88 Å². The predicted octanol–water partition coefficient (Wildman–Crippen LogP) is 6.37. The van der Waals surface area contributed by atoms with Crippen LogP contribution in [-0.2, 0) is 4.79 Å². The highest BCUT2D eigenvalue weighted by Gasteiger charge is 2.35. The van der Waals surface area contributed by atoms with Gasteiger partial charge in [0.15, 0.2) is 0 Å². The molecule has 2 aromatic heterocycles. The van der Waals surface area contributed by atoms with Crippen molar-refractivity contribution < 1.29 is 14.3 Å². The number of hydrogen-bond donors (Lipinski definition) is 3. The van der Waals surface area contributed by atoms with Crippen molar-refractivity contribution in [2.24, 2.45) is 0 Å². The van der Waals surface area contributed by atoms with E-state index >= 15 is 0 Å². The minimum Gasteiger partial charge on any atom is -0.474 e. The molecule has 0 bridgehead atoms. The first-order valence-electron chi connectivity index (χ1n) is 18.6. The van der Waals surface area contributed by atoms with E-state index in [1.54, 1.807) is 4.90 Å². The van der Waals surface area contributed by atoms with Gasteiger partial charge in [-0.1, -0.05) is 24.3 Å². The van der Waals surface area contributed by atoms with Crippen LogP contribution < -0.4 is 30.5 Å². The number of urea groups is 1. The van der Waals surface area contributed by atoms with Crippen molar-refractivity contribution in [3.05, 3.63) is 89.7 Å². The van der Waals surface area contributed by atoms with Gasteiger partial charge in [0.05, 0.1) is 5.52 Å². The topological polar surface area (TPSA) is 128 Å². The zero-order valence-corrected chi connectivity index (χ0v) is 30.1. The lowest BCUT2D eigenvalue weighted by molar-refractivity contribution is -0.120. The molecular weight excluding hydrogens is 667 g/mol. The zero-order valence-electron chi connectivity index (χ0n) is 30.1. The second-order valence-electron chi connectivity index (χ2n) is 14.6. The number of likely N-dealkylation sites (tertiary alicyclic amines) is 1. The van der Waals surface area contributed by atoms with Crippen LogP contribution in [0.2, 0.25) is 0 Å². The fourth-order valence-electron chi connectivity index (χ4n) is 8.16. The van der Waals surface area contributed by atoms with Crippen LogP contribution in [-0.4, -0.2) is 83.7 Å². The molecule has 0 aliphatic carbocycles. The van der Waals surface area contributed by atoms with Gasteiger partial charge in [-0.2, -0.15) is 0 Å². The largest absolute Gasteiger partial charge is 0.474 e. The molecule has 9 rings (SSSR count). The van der Waals surface area contributed by atoms with Gasteiger partial charge in [0.25, 0.3) is 0 Å². The summed E-state index contributed by atoms with van der Waals surface area (Å²) in [6.45, 7) is 10.2. The number of aryl methyl sites for hydroxylation is 1. The van der Waals surface area contributed by atoms with Crippen LogP contribution >= 0.6 is 0 Å². The van der Waals surface area contributed by atoms with E-state index in [0.29, 0.717) is 43.4 Å². The molecule has 5 aromatic rings. The number of aromatic nitrogens is 3. The maximum Gasteiger partial charge on any atom is 0.328 e. The number of nitrogens with zero attached hydrogens (tertiary/aromatic N) is 6. The Balaban J connectivity index is 0.786. The fourth-order valence-corrected chi connectivity index (χ4v) is 8.16. The van der Waals surface area contributed by atoms with E-state index in [-0.39, 0.29) is 11.9 Å². The number of ether oxygens (including phenoxy) is 1. The minimum absolute atomic E-state index is 0.213. The first kappa shape index (κ1) is 33.1. The Morgan fingerprint density at radius 3 is 2.53 bits per heavy atom. The van der Waals surface area contributed by atoms with Crippen molar-refractivity contribution in [2.45, 2.75) is 45.1 Å². The molecule has 3 amide bonds. The number of carbonyl (C=O) groups excluding carboxylic acids is 2. The molecule has 53 heavy (non-hydrogen) atoms. The Morgan fingerprint density at radius 2 is 1.74 bits per heavy atom. The smallest absolute Gasteiger partial charge is 0.328 e. The molecular formula is C41H43N9O3. The number of piperidine rings is 1. The van der Waals surface area contributed by atoms with Crippen molar-refractivity contribution in [1.82, 2.24) is 25.2 Å². The SMILES string of the molecule is Cc1cc(N2CC(N3CCC(c4ccc(Nc5ncc6ccc(-c7cnc8c(c7C)NCCO8)cc6n5)cc4)CC3)C2)ccc1N1CCC(=O)NC1=O. The summed E-state index contributed by atoms with van der Waals surface area (Å²) in [6, 6.07) is 21.5. The predicted molar refractivity (Wildman–Crippen MR) is 207 cm³/mol. The van der Waals surface area contributed by atoms with Crippen molar-refractivity contribution in [3.8, 4) is 17.0 Å². The van der Waals surface area contributed by atoms with Crippen molar-refractivity contribution in [3.63, 3.8) is 0 Å². The first-order valence-corrected chi connectivity index (χ1v) is 18.6.